The maximum absolute atomic E-state index is 2.45. The van der Waals surface area contributed by atoms with Gasteiger partial charge in [-0.05, 0) is 29.9 Å². The number of allylic oxidation sites excluding steroid dienone is 1. The molecule has 0 bridgehead atoms. The van der Waals surface area contributed by atoms with Crippen LogP contribution in [0.3, 0.4) is 0 Å². The van der Waals surface area contributed by atoms with Crippen LogP contribution >= 0.6 is 36.1 Å². The molecule has 0 saturated heterocycles. The Morgan fingerprint density at radius 3 is 2.44 bits per heavy atom. The quantitative estimate of drug-likeness (QED) is 0.459. The molecule has 3 heteroatoms. The molecule has 0 saturated carbocycles. The van der Waals surface area contributed by atoms with Crippen LogP contribution in [0.25, 0.3) is 6.08 Å². The van der Waals surface area contributed by atoms with E-state index < -0.39 is 0 Å². The van der Waals surface area contributed by atoms with Crippen LogP contribution in [0.4, 0.5) is 0 Å². The third kappa shape index (κ3) is 5.30. The van der Waals surface area contributed by atoms with Crippen molar-refractivity contribution >= 4 is 42.2 Å². The molecule has 0 aromatic heterocycles. The van der Waals surface area contributed by atoms with Crippen molar-refractivity contribution in [1.82, 2.24) is 0 Å². The summed E-state index contributed by atoms with van der Waals surface area (Å²) in [6.07, 6.45) is 4.78. The van der Waals surface area contributed by atoms with Crippen LogP contribution in [0, 0.1) is 5.92 Å². The van der Waals surface area contributed by atoms with Gasteiger partial charge in [-0.2, -0.15) is 0 Å². The average Bonchev–Trinajstić information content (AvgIpc) is 2.59. The molecule has 86 valence electrons. The standard InChI is InChI=1S/C13H16.2HI.Zr/c1-10(2)7-11-8-12-5-3-4-6-13(12)9-11;;;/h3-6,8,10H,7,9H2,1-2H3;2*1H;/q;;;+2/p-2. The molecule has 1 aliphatic carbocycles. The predicted molar refractivity (Wildman–Crippen MR) is 85.6 cm³/mol. The molecule has 0 heterocycles. The van der Waals surface area contributed by atoms with Crippen molar-refractivity contribution in [3.05, 3.63) is 41.0 Å². The Morgan fingerprint density at radius 1 is 1.25 bits per heavy atom. The van der Waals surface area contributed by atoms with Gasteiger partial charge >= 0.3 is 50.9 Å². The van der Waals surface area contributed by atoms with E-state index in [-0.39, 0.29) is 14.9 Å². The fraction of sp³-hybridized carbons (Fsp3) is 0.385. The summed E-state index contributed by atoms with van der Waals surface area (Å²) in [4.78, 5) is 0. The van der Waals surface area contributed by atoms with Crippen LogP contribution in [0.1, 0.15) is 31.4 Å². The molecule has 16 heavy (non-hydrogen) atoms. The van der Waals surface area contributed by atoms with E-state index in [1.165, 1.54) is 24.0 Å². The second-order valence-electron chi connectivity index (χ2n) is 4.35. The molecule has 1 aliphatic rings. The van der Waals surface area contributed by atoms with Gasteiger partial charge in [0.25, 0.3) is 0 Å². The van der Waals surface area contributed by atoms with Gasteiger partial charge in [-0.25, -0.2) is 0 Å². The first-order valence-electron chi connectivity index (χ1n) is 5.41. The summed E-state index contributed by atoms with van der Waals surface area (Å²) in [5.41, 5.74) is 4.52. The molecule has 0 amide bonds. The van der Waals surface area contributed by atoms with Crippen molar-refractivity contribution in [2.45, 2.75) is 26.7 Å². The summed E-state index contributed by atoms with van der Waals surface area (Å²) in [6, 6.07) is 8.69. The second-order valence-corrected chi connectivity index (χ2v) is 23.3. The second kappa shape index (κ2) is 8.41. The van der Waals surface area contributed by atoms with E-state index in [0.29, 0.717) is 0 Å². The van der Waals surface area contributed by atoms with Crippen LogP contribution < -0.4 is 0 Å². The summed E-state index contributed by atoms with van der Waals surface area (Å²) in [6.45, 7) is 4.56. The van der Waals surface area contributed by atoms with Crippen molar-refractivity contribution in [3.8, 4) is 0 Å². The van der Waals surface area contributed by atoms with Crippen molar-refractivity contribution in [2.24, 2.45) is 5.92 Å². The van der Waals surface area contributed by atoms with E-state index in [9.17, 15) is 0 Å². The third-order valence-electron chi connectivity index (χ3n) is 2.50. The molecule has 2 rings (SSSR count). The molecule has 0 radical (unpaired) electrons. The molecular weight excluding hydrogens is 501 g/mol. The Morgan fingerprint density at radius 2 is 1.88 bits per heavy atom. The first-order valence-corrected chi connectivity index (χ1v) is 20.0. The molecule has 0 nitrogen and oxygen atoms in total. The van der Waals surface area contributed by atoms with E-state index in [1.54, 1.807) is 5.57 Å². The monoisotopic (exact) mass is 516 g/mol. The zero-order chi connectivity index (χ0) is 12.0. The van der Waals surface area contributed by atoms with Gasteiger partial charge < -0.3 is 0 Å². The summed E-state index contributed by atoms with van der Waals surface area (Å²) < 4.78 is 0. The molecule has 0 atom stereocenters. The summed E-state index contributed by atoms with van der Waals surface area (Å²) >= 11 is 5.06. The Bertz CT molecular complexity index is 359. The van der Waals surface area contributed by atoms with Crippen molar-refractivity contribution in [3.63, 3.8) is 0 Å². The number of halogens is 2. The van der Waals surface area contributed by atoms with Crippen molar-refractivity contribution in [1.29, 1.82) is 0 Å². The summed E-state index contributed by atoms with van der Waals surface area (Å²) in [7, 11) is 0. The van der Waals surface area contributed by atoms with Gasteiger partial charge in [0.2, 0.25) is 0 Å². The normalized spacial score (nSPS) is 12.7. The van der Waals surface area contributed by atoms with Crippen LogP contribution in [-0.2, 0) is 21.3 Å². The van der Waals surface area contributed by atoms with Gasteiger partial charge in [-0.1, -0.05) is 49.8 Å². The zero-order valence-electron chi connectivity index (χ0n) is 9.63. The predicted octanol–water partition coefficient (Wildman–Crippen LogP) is 5.44. The minimum absolute atomic E-state index is 0.170. The first-order chi connectivity index (χ1) is 7.67. The summed E-state index contributed by atoms with van der Waals surface area (Å²) in [5, 5.41) is 0. The molecule has 0 unspecified atom stereocenters. The number of hydrogen-bond donors (Lipinski definition) is 0. The van der Waals surface area contributed by atoms with Gasteiger partial charge in [0.15, 0.2) is 0 Å². The zero-order valence-corrected chi connectivity index (χ0v) is 16.4. The Kier molecular flexibility index (Phi) is 8.08. The average molecular weight is 517 g/mol. The fourth-order valence-electron chi connectivity index (χ4n) is 2.01. The van der Waals surface area contributed by atoms with Crippen molar-refractivity contribution < 1.29 is 14.9 Å². The minimum atomic E-state index is 0.170. The molecular formula is C13H16I2Zr. The van der Waals surface area contributed by atoms with Crippen LogP contribution in [0.15, 0.2) is 29.8 Å². The van der Waals surface area contributed by atoms with Gasteiger partial charge in [0, 0.05) is 0 Å². The Hall–Kier alpha value is 1.30. The van der Waals surface area contributed by atoms with Crippen LogP contribution in [0.5, 0.6) is 0 Å². The van der Waals surface area contributed by atoms with Gasteiger partial charge in [-0.15, -0.1) is 0 Å². The number of fused-ring (bicyclic) bond motifs is 1. The summed E-state index contributed by atoms with van der Waals surface area (Å²) in [5.74, 6) is 0.778. The molecule has 0 spiro atoms. The molecule has 0 N–H and O–H groups in total. The van der Waals surface area contributed by atoms with Gasteiger partial charge in [-0.3, -0.25) is 0 Å². The van der Waals surface area contributed by atoms with E-state index in [0.717, 1.165) is 5.92 Å². The molecule has 1 aromatic rings. The van der Waals surface area contributed by atoms with Crippen molar-refractivity contribution in [2.75, 3.05) is 0 Å². The first kappa shape index (κ1) is 15.4. The number of rotatable bonds is 2. The Labute approximate surface area is 129 Å². The SMILES string of the molecule is CC(C)CC1=Cc2ccccc2C1.[I][Zr][I]. The molecule has 0 fully saturated rings. The topological polar surface area (TPSA) is 0 Å². The van der Waals surface area contributed by atoms with E-state index in [4.69, 9.17) is 0 Å². The van der Waals surface area contributed by atoms with Crippen LogP contribution in [-0.4, -0.2) is 0 Å². The number of benzene rings is 1. The fourth-order valence-corrected chi connectivity index (χ4v) is 2.01. The van der Waals surface area contributed by atoms with Gasteiger partial charge in [0.05, 0.1) is 0 Å². The van der Waals surface area contributed by atoms with E-state index in [1.807, 2.05) is 0 Å². The Balaban J connectivity index is 0.000000386. The number of hydrogen-bond acceptors (Lipinski definition) is 0. The maximum atomic E-state index is 2.45. The van der Waals surface area contributed by atoms with Crippen LogP contribution in [0.2, 0.25) is 0 Å². The van der Waals surface area contributed by atoms with E-state index in [2.05, 4.69) is 80.3 Å². The van der Waals surface area contributed by atoms with Gasteiger partial charge in [0.1, 0.15) is 0 Å². The molecule has 1 aromatic carbocycles. The van der Waals surface area contributed by atoms with E-state index >= 15 is 0 Å². The third-order valence-corrected chi connectivity index (χ3v) is 2.50. The molecule has 0 aliphatic heterocycles.